The second-order valence-corrected chi connectivity index (χ2v) is 6.23. The lowest BCUT2D eigenvalue weighted by molar-refractivity contribution is 1.04. The minimum absolute atomic E-state index is 0.481. The fourth-order valence-electron chi connectivity index (χ4n) is 1.51. The maximum absolute atomic E-state index is 5.67. The van der Waals surface area contributed by atoms with Gasteiger partial charge in [0.25, 0.3) is 0 Å². The van der Waals surface area contributed by atoms with Gasteiger partial charge in [0.05, 0.1) is 4.88 Å². The van der Waals surface area contributed by atoms with Crippen molar-refractivity contribution in [3.05, 3.63) is 34.1 Å². The van der Waals surface area contributed by atoms with E-state index in [1.165, 1.54) is 9.75 Å². The van der Waals surface area contributed by atoms with Gasteiger partial charge < -0.3 is 5.73 Å². The van der Waals surface area contributed by atoms with Gasteiger partial charge in [0.15, 0.2) is 0 Å². The Hall–Kier alpha value is -1.08. The third-order valence-corrected chi connectivity index (χ3v) is 5.13. The summed E-state index contributed by atoms with van der Waals surface area (Å²) < 4.78 is 0. The monoisotopic (exact) mass is 279 g/mol. The molecule has 0 spiro atoms. The van der Waals surface area contributed by atoms with Gasteiger partial charge in [-0.05, 0) is 11.4 Å². The molecular weight excluding hydrogens is 270 g/mol. The molecule has 0 bridgehead atoms. The number of nitrogens with zero attached hydrogens (tertiary/aromatic N) is 2. The lowest BCUT2D eigenvalue weighted by Gasteiger charge is -1.94. The Morgan fingerprint density at radius 2 is 2.18 bits per heavy atom. The highest BCUT2D eigenvalue weighted by Gasteiger charge is 2.16. The zero-order valence-electron chi connectivity index (χ0n) is 8.79. The van der Waals surface area contributed by atoms with Gasteiger partial charge in [0.2, 0.25) is 0 Å². The average Bonchev–Trinajstić information content (AvgIpc) is 3.09. The van der Waals surface area contributed by atoms with Crippen LogP contribution in [-0.2, 0) is 6.54 Å². The number of thiophene rings is 1. The Labute approximate surface area is 111 Å². The van der Waals surface area contributed by atoms with Crippen molar-refractivity contribution in [1.29, 1.82) is 0 Å². The van der Waals surface area contributed by atoms with Gasteiger partial charge in [0, 0.05) is 23.0 Å². The second-order valence-electron chi connectivity index (χ2n) is 3.30. The number of nitrogens with two attached hydrogens (primary N) is 1. The van der Waals surface area contributed by atoms with Gasteiger partial charge in [-0.3, -0.25) is 0 Å². The van der Waals surface area contributed by atoms with Crippen LogP contribution in [0.1, 0.15) is 5.01 Å². The van der Waals surface area contributed by atoms with Gasteiger partial charge in [0.1, 0.15) is 15.7 Å². The van der Waals surface area contributed by atoms with E-state index in [0.29, 0.717) is 6.54 Å². The summed E-state index contributed by atoms with van der Waals surface area (Å²) in [5, 5.41) is 5.96. The van der Waals surface area contributed by atoms with E-state index >= 15 is 0 Å². The first-order valence-electron chi connectivity index (χ1n) is 5.02. The summed E-state index contributed by atoms with van der Waals surface area (Å²) in [7, 11) is 0. The van der Waals surface area contributed by atoms with E-state index < -0.39 is 0 Å². The normalized spacial score (nSPS) is 10.9. The van der Waals surface area contributed by atoms with Crippen molar-refractivity contribution in [3.8, 4) is 20.5 Å². The number of rotatable bonds is 3. The molecular formula is C11H9N3S3. The molecule has 0 amide bonds. The van der Waals surface area contributed by atoms with E-state index in [-0.39, 0.29) is 0 Å². The Morgan fingerprint density at radius 1 is 1.24 bits per heavy atom. The quantitative estimate of drug-likeness (QED) is 0.799. The van der Waals surface area contributed by atoms with Crippen molar-refractivity contribution in [3.63, 3.8) is 0 Å². The summed E-state index contributed by atoms with van der Waals surface area (Å²) in [6.45, 7) is 0.481. The van der Waals surface area contributed by atoms with Crippen LogP contribution in [0, 0.1) is 0 Å². The lowest BCUT2D eigenvalue weighted by atomic mass is 10.3. The smallest absolute Gasteiger partial charge is 0.143 e. The zero-order valence-corrected chi connectivity index (χ0v) is 11.2. The van der Waals surface area contributed by atoms with Crippen LogP contribution in [0.25, 0.3) is 20.5 Å². The Morgan fingerprint density at radius 3 is 2.82 bits per heavy atom. The van der Waals surface area contributed by atoms with Gasteiger partial charge in [-0.2, -0.15) is 0 Å². The highest BCUT2D eigenvalue weighted by molar-refractivity contribution is 7.22. The first kappa shape index (κ1) is 11.0. The molecule has 0 aliphatic heterocycles. The highest BCUT2D eigenvalue weighted by Crippen LogP contribution is 2.39. The minimum Gasteiger partial charge on any atom is -0.325 e. The molecule has 0 aliphatic rings. The van der Waals surface area contributed by atoms with E-state index in [2.05, 4.69) is 21.4 Å². The molecule has 3 aromatic rings. The molecule has 3 heterocycles. The molecule has 0 aromatic carbocycles. The summed E-state index contributed by atoms with van der Waals surface area (Å²) in [5.74, 6) is 0. The minimum atomic E-state index is 0.481. The molecule has 86 valence electrons. The topological polar surface area (TPSA) is 51.8 Å². The largest absolute Gasteiger partial charge is 0.325 e. The van der Waals surface area contributed by atoms with Crippen LogP contribution in [-0.4, -0.2) is 9.97 Å². The third-order valence-electron chi connectivity index (χ3n) is 2.23. The fourth-order valence-corrected chi connectivity index (χ4v) is 4.01. The van der Waals surface area contributed by atoms with Crippen molar-refractivity contribution < 1.29 is 0 Å². The van der Waals surface area contributed by atoms with Crippen LogP contribution in [0.5, 0.6) is 0 Å². The standard InChI is InChI=1S/C11H9N3S3/c12-6-8-14-9(11-13-3-5-16-11)10(17-8)7-2-1-4-15-7/h1-5H,6,12H2. The first-order valence-corrected chi connectivity index (χ1v) is 7.59. The van der Waals surface area contributed by atoms with Gasteiger partial charge in [-0.25, -0.2) is 9.97 Å². The Kier molecular flexibility index (Phi) is 3.02. The van der Waals surface area contributed by atoms with E-state index in [1.807, 2.05) is 11.4 Å². The summed E-state index contributed by atoms with van der Waals surface area (Å²) in [4.78, 5) is 11.3. The molecule has 0 saturated heterocycles. The number of aromatic nitrogens is 2. The van der Waals surface area contributed by atoms with Crippen molar-refractivity contribution in [2.24, 2.45) is 5.73 Å². The number of thiazole rings is 2. The molecule has 0 fully saturated rings. The number of hydrogen-bond acceptors (Lipinski definition) is 6. The molecule has 3 rings (SSSR count). The summed E-state index contributed by atoms with van der Waals surface area (Å²) in [6.07, 6.45) is 1.81. The molecule has 2 N–H and O–H groups in total. The predicted molar refractivity (Wildman–Crippen MR) is 74.4 cm³/mol. The van der Waals surface area contributed by atoms with Crippen LogP contribution in [0.15, 0.2) is 29.1 Å². The molecule has 3 nitrogen and oxygen atoms in total. The van der Waals surface area contributed by atoms with E-state index in [1.54, 1.807) is 40.2 Å². The third kappa shape index (κ3) is 2.04. The van der Waals surface area contributed by atoms with E-state index in [4.69, 9.17) is 5.73 Å². The maximum atomic E-state index is 5.67. The second kappa shape index (κ2) is 4.66. The molecule has 6 heteroatoms. The van der Waals surface area contributed by atoms with Crippen molar-refractivity contribution >= 4 is 34.0 Å². The highest BCUT2D eigenvalue weighted by atomic mass is 32.1. The first-order chi connectivity index (χ1) is 8.38. The van der Waals surface area contributed by atoms with E-state index in [9.17, 15) is 0 Å². The fraction of sp³-hybridized carbons (Fsp3) is 0.0909. The molecule has 0 aliphatic carbocycles. The van der Waals surface area contributed by atoms with Crippen molar-refractivity contribution in [1.82, 2.24) is 9.97 Å². The van der Waals surface area contributed by atoms with Crippen molar-refractivity contribution in [2.75, 3.05) is 0 Å². The molecule has 0 saturated carbocycles. The van der Waals surface area contributed by atoms with Gasteiger partial charge in [-0.1, -0.05) is 6.07 Å². The van der Waals surface area contributed by atoms with Gasteiger partial charge in [-0.15, -0.1) is 34.0 Å². The van der Waals surface area contributed by atoms with E-state index in [0.717, 1.165) is 15.7 Å². The van der Waals surface area contributed by atoms with Gasteiger partial charge >= 0.3 is 0 Å². The zero-order chi connectivity index (χ0) is 11.7. The number of hydrogen-bond donors (Lipinski definition) is 1. The molecule has 3 aromatic heterocycles. The molecule has 0 unspecified atom stereocenters. The average molecular weight is 279 g/mol. The van der Waals surface area contributed by atoms with Crippen LogP contribution in [0.3, 0.4) is 0 Å². The molecule has 0 atom stereocenters. The summed E-state index contributed by atoms with van der Waals surface area (Å²) in [6, 6.07) is 4.16. The SMILES string of the molecule is NCc1nc(-c2nccs2)c(-c2cccs2)s1. The maximum Gasteiger partial charge on any atom is 0.143 e. The lowest BCUT2D eigenvalue weighted by Crippen LogP contribution is -1.94. The Balaban J connectivity index is 2.17. The van der Waals surface area contributed by atoms with Crippen LogP contribution in [0.2, 0.25) is 0 Å². The Bertz CT molecular complexity index is 544. The molecule has 0 radical (unpaired) electrons. The van der Waals surface area contributed by atoms with Crippen LogP contribution in [0.4, 0.5) is 0 Å². The summed E-state index contributed by atoms with van der Waals surface area (Å²) in [5.41, 5.74) is 6.64. The van der Waals surface area contributed by atoms with Crippen LogP contribution < -0.4 is 5.73 Å². The molecule has 17 heavy (non-hydrogen) atoms. The summed E-state index contributed by atoms with van der Waals surface area (Å²) >= 11 is 4.98. The van der Waals surface area contributed by atoms with Crippen LogP contribution >= 0.6 is 34.0 Å². The van der Waals surface area contributed by atoms with Crippen molar-refractivity contribution in [2.45, 2.75) is 6.54 Å². The predicted octanol–water partition coefficient (Wildman–Crippen LogP) is 3.45.